The zero-order chi connectivity index (χ0) is 15.5. The maximum Gasteiger partial charge on any atom is 0.227 e. The van der Waals surface area contributed by atoms with Crippen LogP contribution in [0.15, 0.2) is 29.0 Å². The van der Waals surface area contributed by atoms with Crippen LogP contribution in [0.25, 0.3) is 5.65 Å². The van der Waals surface area contributed by atoms with Gasteiger partial charge in [-0.3, -0.25) is 4.79 Å². The number of nitrogens with two attached hydrogens (primary N) is 1. The lowest BCUT2D eigenvalue weighted by Gasteiger charge is -2.28. The van der Waals surface area contributed by atoms with Crippen molar-refractivity contribution in [2.75, 3.05) is 6.54 Å². The van der Waals surface area contributed by atoms with Crippen molar-refractivity contribution < 1.29 is 4.79 Å². The maximum atomic E-state index is 12.4. The lowest BCUT2D eigenvalue weighted by Crippen LogP contribution is -2.45. The molecular weight excluding hydrogens is 403 g/mol. The highest BCUT2D eigenvalue weighted by Gasteiger charge is 2.33. The van der Waals surface area contributed by atoms with E-state index in [2.05, 4.69) is 26.2 Å². The molecule has 0 aliphatic rings. The van der Waals surface area contributed by atoms with Gasteiger partial charge in [0.2, 0.25) is 5.91 Å². The van der Waals surface area contributed by atoms with E-state index in [1.807, 2.05) is 42.8 Å². The first-order valence-corrected chi connectivity index (χ1v) is 7.95. The van der Waals surface area contributed by atoms with E-state index in [0.717, 1.165) is 28.7 Å². The normalized spacial score (nSPS) is 10.8. The number of imidazole rings is 1. The van der Waals surface area contributed by atoms with Crippen LogP contribution in [0.2, 0.25) is 0 Å². The Bertz CT molecular complexity index is 635. The van der Waals surface area contributed by atoms with Gasteiger partial charge < -0.3 is 15.5 Å². The lowest BCUT2D eigenvalue weighted by molar-refractivity contribution is -0.131. The molecule has 2 aromatic heterocycles. The third kappa shape index (κ3) is 4.83. The summed E-state index contributed by atoms with van der Waals surface area (Å²) in [7, 11) is 0. The molecule has 0 aliphatic heterocycles. The molecule has 130 valence electrons. The highest BCUT2D eigenvalue weighted by Crippen LogP contribution is 2.25. The minimum atomic E-state index is -0.470. The summed E-state index contributed by atoms with van der Waals surface area (Å²) >= 11 is 3.43. The van der Waals surface area contributed by atoms with Gasteiger partial charge in [-0.05, 0) is 40.9 Å². The van der Waals surface area contributed by atoms with Crippen LogP contribution in [-0.2, 0) is 11.3 Å². The molecule has 2 rings (SSSR count). The largest absolute Gasteiger partial charge is 0.350 e. The third-order valence-corrected chi connectivity index (χ3v) is 4.59. The van der Waals surface area contributed by atoms with Gasteiger partial charge in [0, 0.05) is 23.4 Å². The Labute approximate surface area is 157 Å². The summed E-state index contributed by atoms with van der Waals surface area (Å²) in [6, 6.07) is 3.87. The Morgan fingerprint density at radius 1 is 1.30 bits per heavy atom. The number of carbonyl (C=O) groups excluding carboxylic acids is 1. The van der Waals surface area contributed by atoms with Gasteiger partial charge in [-0.2, -0.15) is 0 Å². The van der Waals surface area contributed by atoms with Gasteiger partial charge in [0.25, 0.3) is 0 Å². The maximum absolute atomic E-state index is 12.4. The molecule has 0 aromatic carbocycles. The second-order valence-electron chi connectivity index (χ2n) is 5.22. The van der Waals surface area contributed by atoms with Crippen molar-refractivity contribution in [2.45, 2.75) is 33.2 Å². The van der Waals surface area contributed by atoms with Crippen molar-refractivity contribution in [3.63, 3.8) is 0 Å². The molecule has 8 heteroatoms. The molecule has 2 heterocycles. The molecule has 0 saturated heterocycles. The number of carbonyl (C=O) groups is 1. The highest BCUT2D eigenvalue weighted by atomic mass is 79.9. The number of hydrogen-bond acceptors (Lipinski definition) is 3. The molecular formula is C15H23BrCl2N4O. The summed E-state index contributed by atoms with van der Waals surface area (Å²) in [5, 5.41) is 2.96. The van der Waals surface area contributed by atoms with E-state index in [1.165, 1.54) is 0 Å². The fourth-order valence-corrected chi connectivity index (χ4v) is 2.77. The molecule has 0 atom stereocenters. The molecule has 2 aromatic rings. The topological polar surface area (TPSA) is 72.4 Å². The number of nitrogens with zero attached hydrogens (tertiary/aromatic N) is 2. The van der Waals surface area contributed by atoms with Gasteiger partial charge in [0.1, 0.15) is 5.65 Å². The number of nitrogens with one attached hydrogen (secondary N) is 1. The molecule has 0 radical (unpaired) electrons. The van der Waals surface area contributed by atoms with Gasteiger partial charge >= 0.3 is 0 Å². The smallest absolute Gasteiger partial charge is 0.227 e. The Morgan fingerprint density at radius 2 is 1.96 bits per heavy atom. The number of hydrogen-bond donors (Lipinski definition) is 2. The Morgan fingerprint density at radius 3 is 2.52 bits per heavy atom. The molecule has 23 heavy (non-hydrogen) atoms. The average molecular weight is 426 g/mol. The SMILES string of the molecule is CCC(CC)(CN)C(=O)NCc1cn2cc(Br)ccc2n1.Cl.Cl. The Hall–Kier alpha value is -0.820. The van der Waals surface area contributed by atoms with Crippen LogP contribution < -0.4 is 11.1 Å². The number of amides is 1. The van der Waals surface area contributed by atoms with Crippen molar-refractivity contribution >= 4 is 52.3 Å². The first-order chi connectivity index (χ1) is 10.0. The zero-order valence-corrected chi connectivity index (χ0v) is 16.4. The van der Waals surface area contributed by atoms with Crippen LogP contribution in [0.4, 0.5) is 0 Å². The van der Waals surface area contributed by atoms with Crippen molar-refractivity contribution in [3.8, 4) is 0 Å². The van der Waals surface area contributed by atoms with E-state index in [1.54, 1.807) is 0 Å². The van der Waals surface area contributed by atoms with Gasteiger partial charge in [-0.1, -0.05) is 13.8 Å². The van der Waals surface area contributed by atoms with Crippen LogP contribution >= 0.6 is 40.7 Å². The molecule has 3 N–H and O–H groups in total. The molecule has 0 saturated carbocycles. The quantitative estimate of drug-likeness (QED) is 0.745. The minimum absolute atomic E-state index is 0. The lowest BCUT2D eigenvalue weighted by atomic mass is 9.81. The van der Waals surface area contributed by atoms with Gasteiger partial charge in [0.15, 0.2) is 0 Å². The zero-order valence-electron chi connectivity index (χ0n) is 13.2. The number of halogens is 3. The molecule has 0 spiro atoms. The van der Waals surface area contributed by atoms with E-state index >= 15 is 0 Å². The summed E-state index contributed by atoms with van der Waals surface area (Å²) in [5.74, 6) is 0.00763. The molecule has 0 fully saturated rings. The first-order valence-electron chi connectivity index (χ1n) is 7.16. The van der Waals surface area contributed by atoms with E-state index in [-0.39, 0.29) is 30.7 Å². The van der Waals surface area contributed by atoms with Gasteiger partial charge in [-0.25, -0.2) is 4.98 Å². The Kier molecular flexibility index (Phi) is 9.13. The van der Waals surface area contributed by atoms with Crippen molar-refractivity contribution in [1.29, 1.82) is 0 Å². The number of fused-ring (bicyclic) bond motifs is 1. The molecule has 1 amide bonds. The van der Waals surface area contributed by atoms with E-state index in [0.29, 0.717) is 13.1 Å². The number of rotatable bonds is 6. The van der Waals surface area contributed by atoms with Crippen LogP contribution in [-0.4, -0.2) is 21.8 Å². The monoisotopic (exact) mass is 424 g/mol. The van der Waals surface area contributed by atoms with Crippen LogP contribution in [0.1, 0.15) is 32.4 Å². The number of pyridine rings is 1. The predicted octanol–water partition coefficient (Wildman–Crippen LogP) is 3.32. The van der Waals surface area contributed by atoms with Crippen molar-refractivity contribution in [2.24, 2.45) is 11.1 Å². The fraction of sp³-hybridized carbons (Fsp3) is 0.467. The van der Waals surface area contributed by atoms with Gasteiger partial charge in [-0.15, -0.1) is 24.8 Å². The van der Waals surface area contributed by atoms with Crippen LogP contribution in [0.5, 0.6) is 0 Å². The van der Waals surface area contributed by atoms with Crippen molar-refractivity contribution in [3.05, 3.63) is 34.7 Å². The Balaban J connectivity index is 0.00000242. The first kappa shape index (κ1) is 22.2. The van der Waals surface area contributed by atoms with E-state index in [4.69, 9.17) is 5.73 Å². The highest BCUT2D eigenvalue weighted by molar-refractivity contribution is 9.10. The summed E-state index contributed by atoms with van der Waals surface area (Å²) in [6.45, 7) is 4.78. The van der Waals surface area contributed by atoms with Crippen LogP contribution in [0.3, 0.4) is 0 Å². The molecule has 0 bridgehead atoms. The van der Waals surface area contributed by atoms with Crippen molar-refractivity contribution in [1.82, 2.24) is 14.7 Å². The van der Waals surface area contributed by atoms with Gasteiger partial charge in [0.05, 0.1) is 17.7 Å². The second kappa shape index (κ2) is 9.47. The predicted molar refractivity (Wildman–Crippen MR) is 101 cm³/mol. The fourth-order valence-electron chi connectivity index (χ4n) is 2.41. The summed E-state index contributed by atoms with van der Waals surface area (Å²) in [4.78, 5) is 16.8. The molecule has 5 nitrogen and oxygen atoms in total. The molecule has 0 aliphatic carbocycles. The third-order valence-electron chi connectivity index (χ3n) is 4.12. The molecule has 0 unspecified atom stereocenters. The minimum Gasteiger partial charge on any atom is -0.350 e. The van der Waals surface area contributed by atoms with E-state index in [9.17, 15) is 4.79 Å². The summed E-state index contributed by atoms with van der Waals surface area (Å²) in [6.07, 6.45) is 5.34. The summed E-state index contributed by atoms with van der Waals surface area (Å²) < 4.78 is 2.92. The van der Waals surface area contributed by atoms with E-state index < -0.39 is 5.41 Å². The second-order valence-corrected chi connectivity index (χ2v) is 6.13. The average Bonchev–Trinajstić information content (AvgIpc) is 2.89. The number of aromatic nitrogens is 2. The summed E-state index contributed by atoms with van der Waals surface area (Å²) in [5.41, 5.74) is 7.01. The standard InChI is InChI=1S/C15H21BrN4O.2ClH/c1-3-15(4-2,10-17)14(21)18-7-12-9-20-8-11(16)5-6-13(20)19-12;;/h5-6,8-9H,3-4,7,10,17H2,1-2H3,(H,18,21);2*1H. The van der Waals surface area contributed by atoms with Crippen LogP contribution in [0, 0.1) is 5.41 Å².